The van der Waals surface area contributed by atoms with Gasteiger partial charge in [-0.1, -0.05) is 27.2 Å². The summed E-state index contributed by atoms with van der Waals surface area (Å²) < 4.78 is 0. The molecule has 15 heavy (non-hydrogen) atoms. The molecule has 1 aliphatic carbocycles. The third kappa shape index (κ3) is 4.12. The predicted octanol–water partition coefficient (Wildman–Crippen LogP) is 2.50. The molecule has 0 saturated heterocycles. The van der Waals surface area contributed by atoms with Crippen LogP contribution >= 0.6 is 0 Å². The van der Waals surface area contributed by atoms with Crippen molar-refractivity contribution >= 4 is 0 Å². The van der Waals surface area contributed by atoms with Crippen LogP contribution in [-0.2, 0) is 0 Å². The van der Waals surface area contributed by atoms with Gasteiger partial charge in [-0.2, -0.15) is 0 Å². The van der Waals surface area contributed by atoms with Crippen molar-refractivity contribution in [2.45, 2.75) is 52.5 Å². The second kappa shape index (κ2) is 7.24. The smallest absolute Gasteiger partial charge is 0.0107 e. The standard InChI is InChI=1S/C13H28N2/c1-4-10-14-13-9-7-8-12(13)11-15(5-2)6-3/h12-14H,4-11H2,1-3H3. The number of nitrogens with one attached hydrogen (secondary N) is 1. The van der Waals surface area contributed by atoms with Crippen LogP contribution < -0.4 is 5.32 Å². The van der Waals surface area contributed by atoms with Gasteiger partial charge >= 0.3 is 0 Å². The highest BCUT2D eigenvalue weighted by Crippen LogP contribution is 2.26. The van der Waals surface area contributed by atoms with Gasteiger partial charge < -0.3 is 10.2 Å². The number of rotatable bonds is 7. The summed E-state index contributed by atoms with van der Waals surface area (Å²) in [6.07, 6.45) is 5.51. The van der Waals surface area contributed by atoms with Crippen LogP contribution in [0.25, 0.3) is 0 Å². The van der Waals surface area contributed by atoms with Gasteiger partial charge in [-0.15, -0.1) is 0 Å². The maximum atomic E-state index is 3.71. The zero-order valence-corrected chi connectivity index (χ0v) is 10.8. The van der Waals surface area contributed by atoms with Crippen molar-refractivity contribution in [1.82, 2.24) is 10.2 Å². The molecule has 0 amide bonds. The van der Waals surface area contributed by atoms with Crippen LogP contribution in [0.5, 0.6) is 0 Å². The normalized spacial score (nSPS) is 26.4. The Balaban J connectivity index is 2.31. The van der Waals surface area contributed by atoms with Gasteiger partial charge in [-0.25, -0.2) is 0 Å². The molecule has 1 aliphatic rings. The fraction of sp³-hybridized carbons (Fsp3) is 1.00. The third-order valence-electron chi connectivity index (χ3n) is 3.70. The minimum Gasteiger partial charge on any atom is -0.314 e. The van der Waals surface area contributed by atoms with Crippen LogP contribution in [0.15, 0.2) is 0 Å². The summed E-state index contributed by atoms with van der Waals surface area (Å²) in [5.74, 6) is 0.899. The summed E-state index contributed by atoms with van der Waals surface area (Å²) in [7, 11) is 0. The Bertz CT molecular complexity index is 155. The van der Waals surface area contributed by atoms with Crippen molar-refractivity contribution in [1.29, 1.82) is 0 Å². The Morgan fingerprint density at radius 2 is 1.87 bits per heavy atom. The van der Waals surface area contributed by atoms with Crippen molar-refractivity contribution in [2.24, 2.45) is 5.92 Å². The number of hydrogen-bond donors (Lipinski definition) is 1. The van der Waals surface area contributed by atoms with E-state index in [9.17, 15) is 0 Å². The van der Waals surface area contributed by atoms with Crippen LogP contribution in [0.1, 0.15) is 46.5 Å². The second-order valence-corrected chi connectivity index (χ2v) is 4.74. The van der Waals surface area contributed by atoms with Gasteiger partial charge in [0.05, 0.1) is 0 Å². The summed E-state index contributed by atoms with van der Waals surface area (Å²) in [6.45, 7) is 11.7. The topological polar surface area (TPSA) is 15.3 Å². The fourth-order valence-electron chi connectivity index (χ4n) is 2.67. The Kier molecular flexibility index (Phi) is 6.26. The van der Waals surface area contributed by atoms with Crippen LogP contribution in [0.4, 0.5) is 0 Å². The highest BCUT2D eigenvalue weighted by atomic mass is 15.1. The molecule has 1 rings (SSSR count). The SMILES string of the molecule is CCCNC1CCCC1CN(CC)CC. The van der Waals surface area contributed by atoms with Crippen molar-refractivity contribution in [3.05, 3.63) is 0 Å². The number of hydrogen-bond acceptors (Lipinski definition) is 2. The monoisotopic (exact) mass is 212 g/mol. The first-order valence-electron chi connectivity index (χ1n) is 6.77. The van der Waals surface area contributed by atoms with Gasteiger partial charge in [0, 0.05) is 12.6 Å². The molecule has 1 N–H and O–H groups in total. The molecule has 1 fully saturated rings. The summed E-state index contributed by atoms with van der Waals surface area (Å²) in [4.78, 5) is 2.57. The zero-order valence-electron chi connectivity index (χ0n) is 10.8. The van der Waals surface area contributed by atoms with Gasteiger partial charge in [0.25, 0.3) is 0 Å². The lowest BCUT2D eigenvalue weighted by atomic mass is 10.0. The first-order chi connectivity index (χ1) is 7.31. The molecule has 0 bridgehead atoms. The van der Waals surface area contributed by atoms with E-state index in [2.05, 4.69) is 31.0 Å². The van der Waals surface area contributed by atoms with Crippen molar-refractivity contribution in [2.75, 3.05) is 26.2 Å². The van der Waals surface area contributed by atoms with E-state index in [1.54, 1.807) is 0 Å². The van der Waals surface area contributed by atoms with Gasteiger partial charge in [-0.3, -0.25) is 0 Å². The summed E-state index contributed by atoms with van der Waals surface area (Å²) in [6, 6.07) is 0.797. The van der Waals surface area contributed by atoms with E-state index in [0.717, 1.165) is 12.0 Å². The average Bonchev–Trinajstić information content (AvgIpc) is 2.70. The molecule has 1 saturated carbocycles. The lowest BCUT2D eigenvalue weighted by molar-refractivity contribution is 0.231. The Labute approximate surface area is 95.4 Å². The van der Waals surface area contributed by atoms with Gasteiger partial charge in [0.15, 0.2) is 0 Å². The molecular weight excluding hydrogens is 184 g/mol. The minimum atomic E-state index is 0.797. The Morgan fingerprint density at radius 1 is 1.13 bits per heavy atom. The molecule has 0 heterocycles. The van der Waals surface area contributed by atoms with Crippen LogP contribution in [0.3, 0.4) is 0 Å². The Hall–Kier alpha value is -0.0800. The molecule has 0 aromatic heterocycles. The highest BCUT2D eigenvalue weighted by Gasteiger charge is 2.27. The van der Waals surface area contributed by atoms with E-state index in [1.807, 2.05) is 0 Å². The molecular formula is C13H28N2. The van der Waals surface area contributed by atoms with Crippen LogP contribution in [0, 0.1) is 5.92 Å². The maximum Gasteiger partial charge on any atom is 0.0107 e. The summed E-state index contributed by atoms with van der Waals surface area (Å²) >= 11 is 0. The summed E-state index contributed by atoms with van der Waals surface area (Å²) in [5.41, 5.74) is 0. The fourth-order valence-corrected chi connectivity index (χ4v) is 2.67. The molecule has 0 spiro atoms. The predicted molar refractivity (Wildman–Crippen MR) is 67.2 cm³/mol. The van der Waals surface area contributed by atoms with E-state index in [1.165, 1.54) is 51.9 Å². The Morgan fingerprint density at radius 3 is 2.47 bits per heavy atom. The van der Waals surface area contributed by atoms with E-state index in [4.69, 9.17) is 0 Å². The quantitative estimate of drug-likeness (QED) is 0.697. The van der Waals surface area contributed by atoms with Crippen molar-refractivity contribution < 1.29 is 0 Å². The second-order valence-electron chi connectivity index (χ2n) is 4.74. The largest absolute Gasteiger partial charge is 0.314 e. The zero-order chi connectivity index (χ0) is 11.1. The molecule has 0 aliphatic heterocycles. The molecule has 90 valence electrons. The minimum absolute atomic E-state index is 0.797. The molecule has 2 heteroatoms. The third-order valence-corrected chi connectivity index (χ3v) is 3.70. The molecule has 2 atom stereocenters. The van der Waals surface area contributed by atoms with E-state index < -0.39 is 0 Å². The first kappa shape index (κ1) is 13.0. The molecule has 0 aromatic carbocycles. The molecule has 2 nitrogen and oxygen atoms in total. The van der Waals surface area contributed by atoms with Crippen LogP contribution in [-0.4, -0.2) is 37.1 Å². The van der Waals surface area contributed by atoms with Crippen molar-refractivity contribution in [3.8, 4) is 0 Å². The maximum absolute atomic E-state index is 3.71. The molecule has 0 aromatic rings. The van der Waals surface area contributed by atoms with E-state index in [0.29, 0.717) is 0 Å². The highest BCUT2D eigenvalue weighted by molar-refractivity contribution is 4.84. The lowest BCUT2D eigenvalue weighted by Crippen LogP contribution is -2.39. The van der Waals surface area contributed by atoms with Gasteiger partial charge in [0.1, 0.15) is 0 Å². The first-order valence-corrected chi connectivity index (χ1v) is 6.77. The molecule has 2 unspecified atom stereocenters. The van der Waals surface area contributed by atoms with Crippen LogP contribution in [0.2, 0.25) is 0 Å². The lowest BCUT2D eigenvalue weighted by Gasteiger charge is -2.27. The van der Waals surface area contributed by atoms with E-state index >= 15 is 0 Å². The molecule has 0 radical (unpaired) electrons. The van der Waals surface area contributed by atoms with E-state index in [-0.39, 0.29) is 0 Å². The average molecular weight is 212 g/mol. The van der Waals surface area contributed by atoms with Gasteiger partial charge in [-0.05, 0) is 44.8 Å². The van der Waals surface area contributed by atoms with Crippen molar-refractivity contribution in [3.63, 3.8) is 0 Å². The van der Waals surface area contributed by atoms with Gasteiger partial charge in [0.2, 0.25) is 0 Å². The summed E-state index contributed by atoms with van der Waals surface area (Å²) in [5, 5.41) is 3.71. The number of nitrogens with zero attached hydrogens (tertiary/aromatic N) is 1.